The highest BCUT2D eigenvalue weighted by Gasteiger charge is 2.30. The van der Waals surface area contributed by atoms with Crippen molar-refractivity contribution >= 4 is 17.8 Å². The Morgan fingerprint density at radius 1 is 0.642 bits per heavy atom. The minimum absolute atomic E-state index is 0.104. The zero-order chi connectivity index (χ0) is 38.5. The lowest BCUT2D eigenvalue weighted by molar-refractivity contribution is -0.154. The van der Waals surface area contributed by atoms with E-state index in [1.165, 1.54) is 64.2 Å². The largest absolute Gasteiger partial charge is 0.464 e. The Labute approximate surface area is 324 Å². The van der Waals surface area contributed by atoms with Crippen molar-refractivity contribution in [3.05, 3.63) is 48.6 Å². The average molecular weight is 743 g/mol. The van der Waals surface area contributed by atoms with Crippen LogP contribution in [0.25, 0.3) is 0 Å². The van der Waals surface area contributed by atoms with Crippen LogP contribution < -0.4 is 5.32 Å². The minimum atomic E-state index is -1.03. The Bertz CT molecular complexity index is 1020. The summed E-state index contributed by atoms with van der Waals surface area (Å²) in [6, 6.07) is -1.03. The second-order valence-electron chi connectivity index (χ2n) is 14.8. The molecule has 1 aliphatic heterocycles. The van der Waals surface area contributed by atoms with Gasteiger partial charge in [0.05, 0.1) is 13.2 Å². The van der Waals surface area contributed by atoms with Crippen LogP contribution in [0.2, 0.25) is 0 Å². The van der Waals surface area contributed by atoms with Crippen molar-refractivity contribution in [2.45, 2.75) is 174 Å². The molecule has 53 heavy (non-hydrogen) atoms. The summed E-state index contributed by atoms with van der Waals surface area (Å²) in [5, 5.41) is 12.0. The van der Waals surface area contributed by atoms with Gasteiger partial charge in [-0.05, 0) is 77.0 Å². The van der Waals surface area contributed by atoms with E-state index in [9.17, 15) is 19.5 Å². The fourth-order valence-corrected chi connectivity index (χ4v) is 6.23. The molecule has 0 aromatic rings. The number of rotatable bonds is 36. The maximum Gasteiger partial charge on any atom is 0.332 e. The number of aliphatic hydroxyl groups is 1. The minimum Gasteiger partial charge on any atom is -0.464 e. The summed E-state index contributed by atoms with van der Waals surface area (Å²) >= 11 is 0. The average Bonchev–Trinajstić information content (AvgIpc) is 3.14. The highest BCUT2D eigenvalue weighted by Crippen LogP contribution is 2.14. The van der Waals surface area contributed by atoms with Gasteiger partial charge in [-0.1, -0.05) is 133 Å². The number of carbonyl (C=O) groups excluding carboxylic acids is 3. The molecule has 1 aliphatic rings. The SMILES string of the molecule is CCCCC/C=C\C/C=C\CCCCCCCCOC(=O)C(COC(=O)CCCCCCC/C=C\C/C=C\CCCCC)NC(=O)CN1CC(CO)C1. The number of hydrogen-bond acceptors (Lipinski definition) is 7. The molecule has 1 fully saturated rings. The van der Waals surface area contributed by atoms with E-state index in [-0.39, 0.29) is 44.2 Å². The van der Waals surface area contributed by atoms with Crippen molar-refractivity contribution in [2.75, 3.05) is 39.5 Å². The van der Waals surface area contributed by atoms with Crippen LogP contribution in [0.3, 0.4) is 0 Å². The second-order valence-corrected chi connectivity index (χ2v) is 14.8. The van der Waals surface area contributed by atoms with Crippen LogP contribution in [-0.2, 0) is 23.9 Å². The third kappa shape index (κ3) is 30.3. The highest BCUT2D eigenvalue weighted by atomic mass is 16.6. The Morgan fingerprint density at radius 3 is 1.62 bits per heavy atom. The van der Waals surface area contributed by atoms with Gasteiger partial charge in [0, 0.05) is 32.0 Å². The van der Waals surface area contributed by atoms with Crippen LogP contribution in [-0.4, -0.2) is 73.3 Å². The van der Waals surface area contributed by atoms with Crippen LogP contribution in [0.4, 0.5) is 0 Å². The first-order valence-electron chi connectivity index (χ1n) is 21.5. The number of unbranched alkanes of at least 4 members (excludes halogenated alkanes) is 17. The van der Waals surface area contributed by atoms with E-state index in [0.717, 1.165) is 83.5 Å². The van der Waals surface area contributed by atoms with Crippen molar-refractivity contribution in [1.29, 1.82) is 0 Å². The van der Waals surface area contributed by atoms with E-state index >= 15 is 0 Å². The quantitative estimate of drug-likeness (QED) is 0.0374. The summed E-state index contributed by atoms with van der Waals surface area (Å²) in [6.07, 6.45) is 44.3. The molecule has 0 aromatic heterocycles. The topological polar surface area (TPSA) is 105 Å². The summed E-state index contributed by atoms with van der Waals surface area (Å²) in [6.45, 7) is 6.05. The third-order valence-corrected chi connectivity index (χ3v) is 9.61. The van der Waals surface area contributed by atoms with Crippen LogP contribution in [0.1, 0.15) is 168 Å². The number of hydrogen-bond donors (Lipinski definition) is 2. The van der Waals surface area contributed by atoms with Gasteiger partial charge >= 0.3 is 11.9 Å². The van der Waals surface area contributed by atoms with Crippen LogP contribution in [0.15, 0.2) is 48.6 Å². The lowest BCUT2D eigenvalue weighted by Crippen LogP contribution is -2.54. The molecule has 2 N–H and O–H groups in total. The van der Waals surface area contributed by atoms with Crippen molar-refractivity contribution in [3.63, 3.8) is 0 Å². The zero-order valence-corrected chi connectivity index (χ0v) is 33.9. The molecule has 1 rings (SSSR count). The van der Waals surface area contributed by atoms with E-state index in [1.807, 2.05) is 4.90 Å². The molecule has 0 bridgehead atoms. The maximum atomic E-state index is 12.9. The molecule has 304 valence electrons. The third-order valence-electron chi connectivity index (χ3n) is 9.61. The standard InChI is InChI=1S/C45H78N2O6/c1-3-5-7-9-11-13-15-17-19-21-23-25-27-29-31-33-35-52-45(51)42(46-43(49)38-47-36-41(37-47)39-48)40-53-44(50)34-32-30-28-26-24-22-20-18-16-14-12-10-8-6-4-2/h11-14,17-20,41-42,48H,3-10,15-16,21-40H2,1-2H3,(H,46,49)/b13-11-,14-12-,19-17-,20-18-. The highest BCUT2D eigenvalue weighted by molar-refractivity contribution is 5.86. The molecule has 8 nitrogen and oxygen atoms in total. The normalized spacial score (nSPS) is 14.5. The predicted molar refractivity (Wildman–Crippen MR) is 220 cm³/mol. The molecule has 1 heterocycles. The summed E-state index contributed by atoms with van der Waals surface area (Å²) in [5.74, 6) is -1.06. The van der Waals surface area contributed by atoms with Crippen molar-refractivity contribution < 1.29 is 29.0 Å². The Morgan fingerprint density at radius 2 is 1.11 bits per heavy atom. The van der Waals surface area contributed by atoms with Gasteiger partial charge in [-0.3, -0.25) is 14.5 Å². The first kappa shape index (κ1) is 48.3. The lowest BCUT2D eigenvalue weighted by atomic mass is 10.0. The molecule has 8 heteroatoms. The van der Waals surface area contributed by atoms with Crippen molar-refractivity contribution in [1.82, 2.24) is 10.2 Å². The Kier molecular flexibility index (Phi) is 33.1. The molecule has 0 aliphatic carbocycles. The molecule has 0 aromatic carbocycles. The number of aliphatic hydroxyl groups excluding tert-OH is 1. The van der Waals surface area contributed by atoms with Gasteiger partial charge in [-0.2, -0.15) is 0 Å². The van der Waals surface area contributed by atoms with Gasteiger partial charge in [0.25, 0.3) is 0 Å². The smallest absolute Gasteiger partial charge is 0.332 e. The zero-order valence-electron chi connectivity index (χ0n) is 33.9. The van der Waals surface area contributed by atoms with E-state index in [0.29, 0.717) is 19.5 Å². The van der Waals surface area contributed by atoms with Crippen molar-refractivity contribution in [2.24, 2.45) is 5.92 Å². The van der Waals surface area contributed by atoms with Gasteiger partial charge in [-0.25, -0.2) is 4.79 Å². The van der Waals surface area contributed by atoms with E-state index in [2.05, 4.69) is 67.8 Å². The number of ether oxygens (including phenoxy) is 2. The lowest BCUT2D eigenvalue weighted by Gasteiger charge is -2.37. The van der Waals surface area contributed by atoms with Crippen molar-refractivity contribution in [3.8, 4) is 0 Å². The van der Waals surface area contributed by atoms with Crippen LogP contribution >= 0.6 is 0 Å². The number of nitrogens with one attached hydrogen (secondary N) is 1. The van der Waals surface area contributed by atoms with Gasteiger partial charge in [0.1, 0.15) is 6.61 Å². The summed E-state index contributed by atoms with van der Waals surface area (Å²) < 4.78 is 11.0. The molecule has 1 saturated heterocycles. The van der Waals surface area contributed by atoms with E-state index in [1.54, 1.807) is 0 Å². The summed E-state index contributed by atoms with van der Waals surface area (Å²) in [4.78, 5) is 40.0. The number of amides is 1. The molecule has 1 amide bonds. The molecule has 0 spiro atoms. The van der Waals surface area contributed by atoms with Gasteiger partial charge < -0.3 is 19.9 Å². The number of likely N-dealkylation sites (tertiary alicyclic amines) is 1. The fourth-order valence-electron chi connectivity index (χ4n) is 6.23. The first-order valence-corrected chi connectivity index (χ1v) is 21.5. The number of carbonyl (C=O) groups is 3. The van der Waals surface area contributed by atoms with E-state index < -0.39 is 12.0 Å². The maximum absolute atomic E-state index is 12.9. The summed E-state index contributed by atoms with van der Waals surface area (Å²) in [7, 11) is 0. The second kappa shape index (κ2) is 36.3. The molecular weight excluding hydrogens is 665 g/mol. The Balaban J connectivity index is 2.23. The van der Waals surface area contributed by atoms with Crippen LogP contribution in [0, 0.1) is 5.92 Å². The van der Waals surface area contributed by atoms with E-state index in [4.69, 9.17) is 9.47 Å². The molecule has 0 saturated carbocycles. The Hall–Kier alpha value is -2.71. The molecule has 1 atom stereocenters. The monoisotopic (exact) mass is 743 g/mol. The summed E-state index contributed by atoms with van der Waals surface area (Å²) in [5.41, 5.74) is 0. The number of allylic oxidation sites excluding steroid dienone is 8. The van der Waals surface area contributed by atoms with Gasteiger partial charge in [0.2, 0.25) is 5.91 Å². The van der Waals surface area contributed by atoms with Crippen LogP contribution in [0.5, 0.6) is 0 Å². The molecule has 1 unspecified atom stereocenters. The number of nitrogens with zero attached hydrogens (tertiary/aromatic N) is 1. The number of esters is 2. The van der Waals surface area contributed by atoms with Gasteiger partial charge in [0.15, 0.2) is 6.04 Å². The van der Waals surface area contributed by atoms with Gasteiger partial charge in [-0.15, -0.1) is 0 Å². The molecule has 0 radical (unpaired) electrons. The molecular formula is C45H78N2O6. The fraction of sp³-hybridized carbons (Fsp3) is 0.756. The predicted octanol–water partition coefficient (Wildman–Crippen LogP) is 10.1. The first-order chi connectivity index (χ1) is 26.0.